The average molecular weight is 352 g/mol. The molecule has 8 heteroatoms. The number of hydrogen-bond donors (Lipinski definition) is 2. The van der Waals surface area contributed by atoms with Crippen molar-refractivity contribution < 1.29 is 9.59 Å². The number of nitrogens with one attached hydrogen (secondary N) is 2. The first-order valence-corrected chi connectivity index (χ1v) is 8.98. The van der Waals surface area contributed by atoms with Gasteiger partial charge in [-0.05, 0) is 25.7 Å². The van der Waals surface area contributed by atoms with Gasteiger partial charge in [-0.1, -0.05) is 0 Å². The van der Waals surface area contributed by atoms with Gasteiger partial charge in [-0.3, -0.25) is 9.59 Å². The van der Waals surface area contributed by atoms with Crippen LogP contribution in [0.1, 0.15) is 54.1 Å². The summed E-state index contributed by atoms with van der Waals surface area (Å²) >= 11 is 0. The number of hydrogen-bond acceptors (Lipinski definition) is 5. The molecule has 134 valence electrons. The molecule has 26 heavy (non-hydrogen) atoms. The molecule has 3 heterocycles. The molecular formula is C18H20N6O2. The van der Waals surface area contributed by atoms with Crippen LogP contribution in [0.5, 0.6) is 0 Å². The van der Waals surface area contributed by atoms with Crippen LogP contribution in [-0.2, 0) is 4.79 Å². The van der Waals surface area contributed by atoms with E-state index in [9.17, 15) is 9.59 Å². The summed E-state index contributed by atoms with van der Waals surface area (Å²) in [5.74, 6) is 0.00903. The van der Waals surface area contributed by atoms with Crippen molar-refractivity contribution in [1.29, 1.82) is 5.26 Å². The van der Waals surface area contributed by atoms with Crippen molar-refractivity contribution in [2.24, 2.45) is 0 Å². The maximum absolute atomic E-state index is 12.7. The van der Waals surface area contributed by atoms with Crippen LogP contribution >= 0.6 is 0 Å². The minimum atomic E-state index is -0.556. The number of rotatable bonds is 5. The lowest BCUT2D eigenvalue weighted by Crippen LogP contribution is -2.52. The second kappa shape index (κ2) is 6.75. The monoisotopic (exact) mass is 352 g/mol. The lowest BCUT2D eigenvalue weighted by molar-refractivity contribution is -0.135. The summed E-state index contributed by atoms with van der Waals surface area (Å²) in [7, 11) is 0. The first-order chi connectivity index (χ1) is 12.7. The van der Waals surface area contributed by atoms with Crippen LogP contribution in [0.4, 0.5) is 0 Å². The topological polar surface area (TPSA) is 115 Å². The summed E-state index contributed by atoms with van der Waals surface area (Å²) < 4.78 is 0. The van der Waals surface area contributed by atoms with Crippen molar-refractivity contribution in [3.8, 4) is 6.07 Å². The molecule has 1 atom stereocenters. The van der Waals surface area contributed by atoms with E-state index in [1.54, 1.807) is 17.3 Å². The first kappa shape index (κ1) is 16.5. The molecule has 0 unspecified atom stereocenters. The van der Waals surface area contributed by atoms with Crippen LogP contribution < -0.4 is 5.32 Å². The fourth-order valence-corrected chi connectivity index (χ4v) is 3.37. The van der Waals surface area contributed by atoms with Gasteiger partial charge in [0.05, 0.1) is 29.9 Å². The Morgan fingerprint density at radius 3 is 3.04 bits per heavy atom. The van der Waals surface area contributed by atoms with Gasteiger partial charge in [-0.25, -0.2) is 9.97 Å². The Balaban J connectivity index is 1.51. The number of piperidine rings is 1. The highest BCUT2D eigenvalue weighted by Gasteiger charge is 2.31. The summed E-state index contributed by atoms with van der Waals surface area (Å²) in [5.41, 5.74) is 2.46. The minimum absolute atomic E-state index is 0.121. The smallest absolute Gasteiger partial charge is 0.255 e. The number of nitriles is 1. The number of amides is 2. The van der Waals surface area contributed by atoms with Crippen molar-refractivity contribution in [3.63, 3.8) is 0 Å². The molecule has 0 bridgehead atoms. The second-order valence-electron chi connectivity index (χ2n) is 6.87. The van der Waals surface area contributed by atoms with Crippen molar-refractivity contribution in [3.05, 3.63) is 23.7 Å². The van der Waals surface area contributed by atoms with Gasteiger partial charge in [0.25, 0.3) is 5.91 Å². The maximum Gasteiger partial charge on any atom is 0.255 e. The molecule has 0 spiro atoms. The quantitative estimate of drug-likeness (QED) is 0.845. The van der Waals surface area contributed by atoms with Gasteiger partial charge < -0.3 is 15.2 Å². The number of aromatic amines is 1. The molecule has 1 saturated carbocycles. The first-order valence-electron chi connectivity index (χ1n) is 8.98. The van der Waals surface area contributed by atoms with Gasteiger partial charge in [-0.15, -0.1) is 0 Å². The molecule has 1 aliphatic heterocycles. The van der Waals surface area contributed by atoms with Crippen LogP contribution in [0.2, 0.25) is 0 Å². The van der Waals surface area contributed by atoms with E-state index in [-0.39, 0.29) is 11.8 Å². The molecule has 2 aromatic rings. The molecule has 4 rings (SSSR count). The van der Waals surface area contributed by atoms with Gasteiger partial charge in [0, 0.05) is 25.2 Å². The summed E-state index contributed by atoms with van der Waals surface area (Å²) in [6.07, 6.45) is 7.29. The summed E-state index contributed by atoms with van der Waals surface area (Å²) in [6, 6.07) is 1.50. The minimum Gasteiger partial charge on any atom is -0.344 e. The SMILES string of the molecule is N#CCCN1CCC[C@@H](NC(=O)c2c[nH]c3ncc(C4CC4)nc23)C1=O. The molecule has 1 saturated heterocycles. The van der Waals surface area contributed by atoms with E-state index in [2.05, 4.69) is 26.3 Å². The maximum atomic E-state index is 12.7. The number of carbonyl (C=O) groups excluding carboxylic acids is 2. The predicted octanol–water partition coefficient (Wildman–Crippen LogP) is 1.47. The number of carbonyl (C=O) groups is 2. The van der Waals surface area contributed by atoms with E-state index < -0.39 is 6.04 Å². The predicted molar refractivity (Wildman–Crippen MR) is 93.2 cm³/mol. The third-order valence-electron chi connectivity index (χ3n) is 4.97. The third-order valence-corrected chi connectivity index (χ3v) is 4.97. The van der Waals surface area contributed by atoms with Crippen molar-refractivity contribution in [2.45, 2.75) is 44.1 Å². The Bertz CT molecular complexity index is 895. The van der Waals surface area contributed by atoms with Crippen molar-refractivity contribution in [2.75, 3.05) is 13.1 Å². The molecule has 2 N–H and O–H groups in total. The molecule has 0 radical (unpaired) electrons. The van der Waals surface area contributed by atoms with Crippen LogP contribution in [0.25, 0.3) is 11.2 Å². The largest absolute Gasteiger partial charge is 0.344 e. The van der Waals surface area contributed by atoms with Crippen molar-refractivity contribution in [1.82, 2.24) is 25.2 Å². The molecule has 0 aromatic carbocycles. The molecule has 1 aliphatic carbocycles. The van der Waals surface area contributed by atoms with Crippen LogP contribution in [0.15, 0.2) is 12.4 Å². The zero-order chi connectivity index (χ0) is 18.1. The molecule has 2 fully saturated rings. The van der Waals surface area contributed by atoms with Crippen LogP contribution in [0.3, 0.4) is 0 Å². The van der Waals surface area contributed by atoms with Gasteiger partial charge >= 0.3 is 0 Å². The zero-order valence-corrected chi connectivity index (χ0v) is 14.4. The van der Waals surface area contributed by atoms with E-state index in [0.717, 1.165) is 25.0 Å². The Hall–Kier alpha value is -2.95. The van der Waals surface area contributed by atoms with Crippen molar-refractivity contribution >= 4 is 23.0 Å². The Kier molecular flexibility index (Phi) is 4.29. The second-order valence-corrected chi connectivity index (χ2v) is 6.87. The zero-order valence-electron chi connectivity index (χ0n) is 14.4. The van der Waals surface area contributed by atoms with E-state index >= 15 is 0 Å². The summed E-state index contributed by atoms with van der Waals surface area (Å²) in [5, 5.41) is 11.5. The number of fused-ring (bicyclic) bond motifs is 1. The summed E-state index contributed by atoms with van der Waals surface area (Å²) in [6.45, 7) is 1.04. The number of likely N-dealkylation sites (tertiary alicyclic amines) is 1. The molecule has 2 aliphatic rings. The fraction of sp³-hybridized carbons (Fsp3) is 0.500. The highest BCUT2D eigenvalue weighted by atomic mass is 16.2. The number of H-pyrrole nitrogens is 1. The summed E-state index contributed by atoms with van der Waals surface area (Å²) in [4.78, 5) is 38.8. The molecule has 8 nitrogen and oxygen atoms in total. The number of nitrogens with zero attached hydrogens (tertiary/aromatic N) is 4. The molecule has 2 aromatic heterocycles. The fourth-order valence-electron chi connectivity index (χ4n) is 3.37. The Morgan fingerprint density at radius 2 is 2.27 bits per heavy atom. The Morgan fingerprint density at radius 1 is 1.42 bits per heavy atom. The van der Waals surface area contributed by atoms with E-state index in [4.69, 9.17) is 5.26 Å². The molecule has 2 amide bonds. The highest BCUT2D eigenvalue weighted by Crippen LogP contribution is 2.39. The van der Waals surface area contributed by atoms with Crippen LogP contribution in [0, 0.1) is 11.3 Å². The van der Waals surface area contributed by atoms with E-state index in [0.29, 0.717) is 48.6 Å². The normalized spacial score (nSPS) is 20.2. The average Bonchev–Trinajstić information content (AvgIpc) is 3.41. The van der Waals surface area contributed by atoms with Gasteiger partial charge in [0.15, 0.2) is 5.65 Å². The van der Waals surface area contributed by atoms with Gasteiger partial charge in [-0.2, -0.15) is 5.26 Å². The number of aromatic nitrogens is 3. The van der Waals surface area contributed by atoms with Gasteiger partial charge in [0.2, 0.25) is 5.91 Å². The van der Waals surface area contributed by atoms with Gasteiger partial charge in [0.1, 0.15) is 11.6 Å². The van der Waals surface area contributed by atoms with E-state index in [1.807, 2.05) is 0 Å². The van der Waals surface area contributed by atoms with E-state index in [1.165, 1.54) is 0 Å². The molecular weight excluding hydrogens is 332 g/mol. The Labute approximate surface area is 150 Å². The van der Waals surface area contributed by atoms with Crippen LogP contribution in [-0.4, -0.2) is 50.8 Å². The lowest BCUT2D eigenvalue weighted by atomic mass is 10.0. The highest BCUT2D eigenvalue weighted by molar-refractivity contribution is 6.06. The standard InChI is InChI=1S/C18H20N6O2/c19-6-2-8-24-7-1-3-13(18(24)26)23-17(25)12-9-20-16-15(12)22-14(10-21-16)11-4-5-11/h9-11,13H,1-5,7-8H2,(H,20,21)(H,23,25)/t13-/m1/s1. The third kappa shape index (κ3) is 3.12. The lowest BCUT2D eigenvalue weighted by Gasteiger charge is -2.32.